The van der Waals surface area contributed by atoms with E-state index in [-0.39, 0.29) is 24.5 Å². The highest BCUT2D eigenvalue weighted by molar-refractivity contribution is 5.94. The molecule has 0 bridgehead atoms. The van der Waals surface area contributed by atoms with Gasteiger partial charge in [0.1, 0.15) is 11.9 Å². The lowest BCUT2D eigenvalue weighted by molar-refractivity contribution is -0.136. The Morgan fingerprint density at radius 2 is 2.00 bits per heavy atom. The standard InChI is InChI=1S/C20H25FN2O4/c21-15-6-4-5-14(11-15)20(26)22-17-8-7-16(27-18(17)13-24)12-19(25)23-9-2-1-3-10-23/h4-8,11,16-18,24H,1-3,9-10,12-13H2,(H,22,26)/t16-,17+,18+/m0/s1. The number of nitrogens with one attached hydrogen (secondary N) is 1. The highest BCUT2D eigenvalue weighted by Crippen LogP contribution is 2.19. The second-order valence-corrected chi connectivity index (χ2v) is 6.94. The Balaban J connectivity index is 1.59. The average molecular weight is 376 g/mol. The Kier molecular flexibility index (Phi) is 6.58. The smallest absolute Gasteiger partial charge is 0.251 e. The van der Waals surface area contributed by atoms with Gasteiger partial charge >= 0.3 is 0 Å². The number of carbonyl (C=O) groups is 2. The van der Waals surface area contributed by atoms with E-state index in [1.807, 2.05) is 4.90 Å². The molecule has 0 aliphatic carbocycles. The van der Waals surface area contributed by atoms with E-state index in [1.165, 1.54) is 18.2 Å². The van der Waals surface area contributed by atoms with E-state index in [4.69, 9.17) is 4.74 Å². The maximum absolute atomic E-state index is 13.3. The summed E-state index contributed by atoms with van der Waals surface area (Å²) in [4.78, 5) is 26.5. The van der Waals surface area contributed by atoms with Crippen LogP contribution < -0.4 is 5.32 Å². The fraction of sp³-hybridized carbons (Fsp3) is 0.500. The van der Waals surface area contributed by atoms with Crippen molar-refractivity contribution < 1.29 is 23.8 Å². The van der Waals surface area contributed by atoms with Gasteiger partial charge < -0.3 is 20.1 Å². The number of likely N-dealkylation sites (tertiary alicyclic amines) is 1. The lowest BCUT2D eigenvalue weighted by Gasteiger charge is -2.33. The Morgan fingerprint density at radius 3 is 2.70 bits per heavy atom. The van der Waals surface area contributed by atoms with E-state index in [1.54, 1.807) is 12.2 Å². The predicted molar refractivity (Wildman–Crippen MR) is 97.6 cm³/mol. The van der Waals surface area contributed by atoms with E-state index < -0.39 is 30.0 Å². The van der Waals surface area contributed by atoms with Crippen molar-refractivity contribution in [3.8, 4) is 0 Å². The molecule has 1 aromatic carbocycles. The van der Waals surface area contributed by atoms with Crippen LogP contribution in [-0.4, -0.2) is 59.8 Å². The van der Waals surface area contributed by atoms with Crippen LogP contribution in [0.5, 0.6) is 0 Å². The zero-order valence-corrected chi connectivity index (χ0v) is 15.1. The van der Waals surface area contributed by atoms with Crippen molar-refractivity contribution in [2.45, 2.75) is 43.9 Å². The van der Waals surface area contributed by atoms with Crippen LogP contribution in [0.3, 0.4) is 0 Å². The number of halogens is 1. The number of hydrogen-bond donors (Lipinski definition) is 2. The molecule has 3 atom stereocenters. The molecular weight excluding hydrogens is 351 g/mol. The summed E-state index contributed by atoms with van der Waals surface area (Å²) in [6, 6.07) is 4.84. The van der Waals surface area contributed by atoms with Gasteiger partial charge in [-0.05, 0) is 37.5 Å². The summed E-state index contributed by atoms with van der Waals surface area (Å²) < 4.78 is 19.1. The molecule has 1 saturated heterocycles. The minimum absolute atomic E-state index is 0.0447. The normalized spacial score (nSPS) is 25.3. The van der Waals surface area contributed by atoms with Crippen LogP contribution in [0.25, 0.3) is 0 Å². The number of hydrogen-bond acceptors (Lipinski definition) is 4. The second kappa shape index (κ2) is 9.10. The van der Waals surface area contributed by atoms with Crippen molar-refractivity contribution in [3.63, 3.8) is 0 Å². The molecule has 2 heterocycles. The van der Waals surface area contributed by atoms with Crippen molar-refractivity contribution in [1.29, 1.82) is 0 Å². The first-order chi connectivity index (χ1) is 13.1. The number of nitrogens with zero attached hydrogens (tertiary/aromatic N) is 1. The van der Waals surface area contributed by atoms with Gasteiger partial charge in [0.05, 0.1) is 25.2 Å². The molecule has 1 fully saturated rings. The number of piperidine rings is 1. The number of carbonyl (C=O) groups excluding carboxylic acids is 2. The van der Waals surface area contributed by atoms with Crippen LogP contribution >= 0.6 is 0 Å². The van der Waals surface area contributed by atoms with Gasteiger partial charge in [-0.1, -0.05) is 18.2 Å². The van der Waals surface area contributed by atoms with Crippen LogP contribution in [-0.2, 0) is 9.53 Å². The molecule has 2 amide bonds. The molecule has 0 unspecified atom stereocenters. The number of rotatable bonds is 5. The number of amides is 2. The molecular formula is C20H25FN2O4. The third kappa shape index (κ3) is 5.14. The zero-order chi connectivity index (χ0) is 19.2. The first kappa shape index (κ1) is 19.5. The summed E-state index contributed by atoms with van der Waals surface area (Å²) in [5, 5.41) is 12.4. The number of aliphatic hydroxyl groups excluding tert-OH is 1. The van der Waals surface area contributed by atoms with Gasteiger partial charge in [0.25, 0.3) is 5.91 Å². The van der Waals surface area contributed by atoms with E-state index in [2.05, 4.69) is 5.32 Å². The van der Waals surface area contributed by atoms with Gasteiger partial charge in [0, 0.05) is 18.7 Å². The summed E-state index contributed by atoms with van der Waals surface area (Å²) in [6.45, 7) is 1.27. The third-order valence-corrected chi connectivity index (χ3v) is 4.93. The summed E-state index contributed by atoms with van der Waals surface area (Å²) in [5.74, 6) is -0.898. The molecule has 1 aromatic rings. The van der Waals surface area contributed by atoms with Crippen LogP contribution in [0.1, 0.15) is 36.0 Å². The SMILES string of the molecule is O=C(N[C@@H]1C=C[C@@H](CC(=O)N2CCCCC2)O[C@@H]1CO)c1cccc(F)c1. The van der Waals surface area contributed by atoms with Gasteiger partial charge in [0.2, 0.25) is 5.91 Å². The molecule has 6 nitrogen and oxygen atoms in total. The van der Waals surface area contributed by atoms with E-state index in [9.17, 15) is 19.1 Å². The summed E-state index contributed by atoms with van der Waals surface area (Å²) in [5.41, 5.74) is 0.197. The summed E-state index contributed by atoms with van der Waals surface area (Å²) >= 11 is 0. The van der Waals surface area contributed by atoms with Crippen molar-refractivity contribution in [1.82, 2.24) is 10.2 Å². The molecule has 146 valence electrons. The Morgan fingerprint density at radius 1 is 1.22 bits per heavy atom. The molecule has 0 spiro atoms. The molecule has 27 heavy (non-hydrogen) atoms. The lowest BCUT2D eigenvalue weighted by Crippen LogP contribution is -2.49. The summed E-state index contributed by atoms with van der Waals surface area (Å²) in [7, 11) is 0. The number of ether oxygens (including phenoxy) is 1. The lowest BCUT2D eigenvalue weighted by atomic mass is 10.0. The van der Waals surface area contributed by atoms with Gasteiger partial charge in [-0.15, -0.1) is 0 Å². The van der Waals surface area contributed by atoms with E-state index in [0.29, 0.717) is 0 Å². The second-order valence-electron chi connectivity index (χ2n) is 6.94. The molecule has 2 N–H and O–H groups in total. The highest BCUT2D eigenvalue weighted by atomic mass is 19.1. The number of benzene rings is 1. The minimum Gasteiger partial charge on any atom is -0.394 e. The largest absolute Gasteiger partial charge is 0.394 e. The topological polar surface area (TPSA) is 78.9 Å². The molecule has 0 aromatic heterocycles. The van der Waals surface area contributed by atoms with E-state index in [0.717, 1.165) is 38.4 Å². The number of aliphatic hydroxyl groups is 1. The molecule has 0 saturated carbocycles. The van der Waals surface area contributed by atoms with Gasteiger partial charge in [-0.2, -0.15) is 0 Å². The Labute approximate surface area is 158 Å². The van der Waals surface area contributed by atoms with Crippen LogP contribution in [0, 0.1) is 5.82 Å². The third-order valence-electron chi connectivity index (χ3n) is 4.93. The molecule has 7 heteroatoms. The highest BCUT2D eigenvalue weighted by Gasteiger charge is 2.30. The maximum Gasteiger partial charge on any atom is 0.251 e. The molecule has 3 rings (SSSR count). The summed E-state index contributed by atoms with van der Waals surface area (Å²) in [6.07, 6.45) is 5.81. The Hall–Kier alpha value is -2.25. The first-order valence-corrected chi connectivity index (χ1v) is 9.35. The maximum atomic E-state index is 13.3. The Bertz CT molecular complexity index is 703. The van der Waals surface area contributed by atoms with Gasteiger partial charge in [-0.25, -0.2) is 4.39 Å². The monoisotopic (exact) mass is 376 g/mol. The van der Waals surface area contributed by atoms with Crippen LogP contribution in [0.2, 0.25) is 0 Å². The minimum atomic E-state index is -0.660. The van der Waals surface area contributed by atoms with Crippen molar-refractivity contribution in [3.05, 3.63) is 47.8 Å². The van der Waals surface area contributed by atoms with Gasteiger partial charge in [0.15, 0.2) is 0 Å². The molecule has 0 radical (unpaired) electrons. The van der Waals surface area contributed by atoms with Crippen molar-refractivity contribution in [2.75, 3.05) is 19.7 Å². The van der Waals surface area contributed by atoms with Gasteiger partial charge in [-0.3, -0.25) is 9.59 Å². The molecule has 2 aliphatic rings. The average Bonchev–Trinajstić information content (AvgIpc) is 2.69. The van der Waals surface area contributed by atoms with Crippen molar-refractivity contribution in [2.24, 2.45) is 0 Å². The van der Waals surface area contributed by atoms with Crippen LogP contribution in [0.15, 0.2) is 36.4 Å². The predicted octanol–water partition coefficient (Wildman–Crippen LogP) is 1.64. The quantitative estimate of drug-likeness (QED) is 0.766. The van der Waals surface area contributed by atoms with Crippen molar-refractivity contribution >= 4 is 11.8 Å². The van der Waals surface area contributed by atoms with E-state index >= 15 is 0 Å². The zero-order valence-electron chi connectivity index (χ0n) is 15.1. The first-order valence-electron chi connectivity index (χ1n) is 9.35. The fourth-order valence-electron chi connectivity index (χ4n) is 3.44. The fourth-order valence-corrected chi connectivity index (χ4v) is 3.44. The van der Waals surface area contributed by atoms with Crippen LogP contribution in [0.4, 0.5) is 4.39 Å². The molecule has 2 aliphatic heterocycles.